The van der Waals surface area contributed by atoms with Crippen molar-refractivity contribution in [3.05, 3.63) is 35.5 Å². The fraction of sp³-hybridized carbons (Fsp3) is 0.690. The van der Waals surface area contributed by atoms with E-state index >= 15 is 0 Å². The highest BCUT2D eigenvalue weighted by Gasteiger charge is 2.30. The van der Waals surface area contributed by atoms with Gasteiger partial charge in [-0.25, -0.2) is 4.98 Å². The van der Waals surface area contributed by atoms with Crippen LogP contribution in [0.25, 0.3) is 0 Å². The maximum Gasteiger partial charge on any atom is 0.181 e. The first-order chi connectivity index (χ1) is 16.9. The Bertz CT molecular complexity index is 895. The number of anilines is 1. The normalized spacial score (nSPS) is 21.5. The number of piperidine rings is 1. The van der Waals surface area contributed by atoms with E-state index in [4.69, 9.17) is 4.98 Å². The van der Waals surface area contributed by atoms with Crippen molar-refractivity contribution in [1.29, 1.82) is 0 Å². The van der Waals surface area contributed by atoms with Gasteiger partial charge >= 0.3 is 0 Å². The molecule has 0 spiro atoms. The van der Waals surface area contributed by atoms with E-state index in [9.17, 15) is 4.79 Å². The number of aliphatic imine (C=N–C) groups is 1. The number of hydrogen-bond donors (Lipinski definition) is 0. The molecular weight excluding hydrogens is 434 g/mol. The summed E-state index contributed by atoms with van der Waals surface area (Å²) in [6, 6.07) is 6.66. The Morgan fingerprint density at radius 3 is 2.66 bits per heavy atom. The largest absolute Gasteiger partial charge is 0.355 e. The Kier molecular flexibility index (Phi) is 9.12. The molecule has 0 unspecified atom stereocenters. The molecule has 1 aromatic rings. The van der Waals surface area contributed by atoms with Gasteiger partial charge in [0, 0.05) is 70.0 Å². The van der Waals surface area contributed by atoms with Crippen LogP contribution in [-0.2, 0) is 0 Å². The molecule has 2 fully saturated rings. The van der Waals surface area contributed by atoms with Crippen molar-refractivity contribution < 1.29 is 4.79 Å². The first-order valence-corrected chi connectivity index (χ1v) is 13.8. The molecule has 35 heavy (non-hydrogen) atoms. The maximum absolute atomic E-state index is 12.9. The van der Waals surface area contributed by atoms with Crippen LogP contribution in [0.1, 0.15) is 82.6 Å². The van der Waals surface area contributed by atoms with Crippen molar-refractivity contribution in [3.63, 3.8) is 0 Å². The number of Topliss-reactive ketones (excluding diaryl/α,β-unsaturated/α-hetero) is 1. The van der Waals surface area contributed by atoms with Crippen molar-refractivity contribution in [2.75, 3.05) is 50.7 Å². The van der Waals surface area contributed by atoms with Crippen molar-refractivity contribution in [2.45, 2.75) is 83.7 Å². The van der Waals surface area contributed by atoms with E-state index in [1.807, 2.05) is 18.3 Å². The summed E-state index contributed by atoms with van der Waals surface area (Å²) < 4.78 is 0. The fourth-order valence-corrected chi connectivity index (χ4v) is 5.71. The lowest BCUT2D eigenvalue weighted by Crippen LogP contribution is -2.51. The molecule has 6 nitrogen and oxygen atoms in total. The smallest absolute Gasteiger partial charge is 0.181 e. The minimum Gasteiger partial charge on any atom is -0.355 e. The summed E-state index contributed by atoms with van der Waals surface area (Å²) in [5.74, 6) is 1.12. The van der Waals surface area contributed by atoms with Crippen molar-refractivity contribution >= 4 is 17.8 Å². The highest BCUT2D eigenvalue weighted by atomic mass is 16.1. The molecule has 0 aromatic carbocycles. The molecule has 0 aliphatic carbocycles. The van der Waals surface area contributed by atoms with Crippen LogP contribution >= 0.6 is 0 Å². The van der Waals surface area contributed by atoms with Gasteiger partial charge in [-0.2, -0.15) is 0 Å². The van der Waals surface area contributed by atoms with E-state index < -0.39 is 0 Å². The lowest BCUT2D eigenvalue weighted by atomic mass is 9.97. The van der Waals surface area contributed by atoms with Gasteiger partial charge in [0.25, 0.3) is 0 Å². The minimum absolute atomic E-state index is 0.164. The molecular formula is C29H45N5O. The summed E-state index contributed by atoms with van der Waals surface area (Å²) in [4.78, 5) is 29.7. The summed E-state index contributed by atoms with van der Waals surface area (Å²) in [7, 11) is 0. The predicted molar refractivity (Wildman–Crippen MR) is 146 cm³/mol. The van der Waals surface area contributed by atoms with Gasteiger partial charge < -0.3 is 4.90 Å². The summed E-state index contributed by atoms with van der Waals surface area (Å²) in [5, 5.41) is 0. The number of aromatic nitrogens is 1. The van der Waals surface area contributed by atoms with E-state index in [0.29, 0.717) is 18.2 Å². The van der Waals surface area contributed by atoms with Gasteiger partial charge in [-0.1, -0.05) is 11.6 Å². The molecule has 0 amide bonds. The van der Waals surface area contributed by atoms with Crippen LogP contribution in [0.5, 0.6) is 0 Å². The van der Waals surface area contributed by atoms with E-state index in [1.165, 1.54) is 31.5 Å². The summed E-state index contributed by atoms with van der Waals surface area (Å²) >= 11 is 0. The number of ketones is 1. The van der Waals surface area contributed by atoms with Gasteiger partial charge in [0.15, 0.2) is 5.78 Å². The SMILES string of the molecule is CC(C)(C)N1CCC(N2CCCN(c3cccc(C(=O)CCCC4=CC=NCCC4)n3)CC2)CC1. The van der Waals surface area contributed by atoms with Crippen LogP contribution < -0.4 is 4.90 Å². The monoisotopic (exact) mass is 479 g/mol. The number of carbonyl (C=O) groups excluding carboxylic acids is 1. The van der Waals surface area contributed by atoms with Crippen LogP contribution in [0.2, 0.25) is 0 Å². The second-order valence-corrected chi connectivity index (χ2v) is 11.4. The topological polar surface area (TPSA) is 52.0 Å². The zero-order valence-electron chi connectivity index (χ0n) is 22.2. The van der Waals surface area contributed by atoms with E-state index in [0.717, 1.165) is 70.6 Å². The number of likely N-dealkylation sites (tertiary alicyclic amines) is 1. The standard InChI is InChI=1S/C29H45N5O/c1-29(2,3)34-20-14-25(15-21-34)32-18-7-19-33(23-22-32)28-12-5-10-26(31-28)27(35)11-4-8-24-9-6-16-30-17-13-24/h5,10,12-13,17,25H,4,6-9,11,14-16,18-23H2,1-3H3. The number of allylic oxidation sites excluding steroid dienone is 2. The number of hydrogen-bond acceptors (Lipinski definition) is 6. The highest BCUT2D eigenvalue weighted by molar-refractivity contribution is 5.94. The first kappa shape index (κ1) is 26.0. The van der Waals surface area contributed by atoms with Gasteiger partial charge in [0.2, 0.25) is 0 Å². The molecule has 1 aromatic heterocycles. The fourth-order valence-electron chi connectivity index (χ4n) is 5.71. The minimum atomic E-state index is 0.164. The Morgan fingerprint density at radius 1 is 1.03 bits per heavy atom. The molecule has 0 saturated carbocycles. The van der Waals surface area contributed by atoms with Crippen LogP contribution in [0.4, 0.5) is 5.82 Å². The second kappa shape index (κ2) is 12.3. The third-order valence-electron chi connectivity index (χ3n) is 7.91. The van der Waals surface area contributed by atoms with E-state index in [1.54, 1.807) is 0 Å². The van der Waals surface area contributed by atoms with Crippen LogP contribution in [0.3, 0.4) is 0 Å². The van der Waals surface area contributed by atoms with Gasteiger partial charge in [0.05, 0.1) is 0 Å². The van der Waals surface area contributed by atoms with Gasteiger partial charge in [-0.15, -0.1) is 0 Å². The molecule has 192 valence electrons. The summed E-state index contributed by atoms with van der Waals surface area (Å²) in [6.45, 7) is 14.5. The van der Waals surface area contributed by atoms with Crippen molar-refractivity contribution in [3.8, 4) is 0 Å². The molecule has 2 saturated heterocycles. The van der Waals surface area contributed by atoms with E-state index in [2.05, 4.69) is 52.6 Å². The van der Waals surface area contributed by atoms with Crippen LogP contribution in [0, 0.1) is 0 Å². The summed E-state index contributed by atoms with van der Waals surface area (Å²) in [5.41, 5.74) is 2.31. The van der Waals surface area contributed by atoms with Crippen LogP contribution in [0.15, 0.2) is 34.8 Å². The zero-order chi connectivity index (χ0) is 24.7. The van der Waals surface area contributed by atoms with Gasteiger partial charge in [-0.3, -0.25) is 19.6 Å². The predicted octanol–water partition coefficient (Wildman–Crippen LogP) is 5.00. The molecule has 6 heteroatoms. The van der Waals surface area contributed by atoms with Gasteiger partial charge in [-0.05, 0) is 83.9 Å². The molecule has 0 atom stereocenters. The lowest BCUT2D eigenvalue weighted by molar-refractivity contribution is 0.0589. The quantitative estimate of drug-likeness (QED) is 0.515. The number of rotatable bonds is 7. The van der Waals surface area contributed by atoms with E-state index in [-0.39, 0.29) is 11.3 Å². The molecule has 3 aliphatic heterocycles. The zero-order valence-corrected chi connectivity index (χ0v) is 22.2. The van der Waals surface area contributed by atoms with Crippen molar-refractivity contribution in [2.24, 2.45) is 4.99 Å². The van der Waals surface area contributed by atoms with Crippen LogP contribution in [-0.4, -0.2) is 84.2 Å². The Balaban J connectivity index is 1.27. The Hall–Kier alpha value is -2.05. The Labute approximate surface area is 212 Å². The number of carbonyl (C=O) groups is 1. The second-order valence-electron chi connectivity index (χ2n) is 11.4. The maximum atomic E-state index is 12.9. The third kappa shape index (κ3) is 7.47. The molecule has 0 bridgehead atoms. The van der Waals surface area contributed by atoms with Crippen molar-refractivity contribution in [1.82, 2.24) is 14.8 Å². The highest BCUT2D eigenvalue weighted by Crippen LogP contribution is 2.25. The molecule has 4 heterocycles. The number of pyridine rings is 1. The van der Waals surface area contributed by atoms with Gasteiger partial charge in [0.1, 0.15) is 11.5 Å². The Morgan fingerprint density at radius 2 is 1.86 bits per heavy atom. The first-order valence-electron chi connectivity index (χ1n) is 13.8. The molecule has 0 radical (unpaired) electrons. The third-order valence-corrected chi connectivity index (χ3v) is 7.91. The number of nitrogens with zero attached hydrogens (tertiary/aromatic N) is 5. The lowest BCUT2D eigenvalue weighted by Gasteiger charge is -2.43. The molecule has 3 aliphatic rings. The molecule has 0 N–H and O–H groups in total. The summed E-state index contributed by atoms with van der Waals surface area (Å²) in [6.07, 6.45) is 12.4. The average molecular weight is 480 g/mol. The average Bonchev–Trinajstić information content (AvgIpc) is 3.27. The molecule has 4 rings (SSSR count).